The summed E-state index contributed by atoms with van der Waals surface area (Å²) >= 11 is 0. The number of nitrogens with one attached hydrogen (secondary N) is 1. The first kappa shape index (κ1) is 45.0. The second kappa shape index (κ2) is 20.1. The lowest BCUT2D eigenvalue weighted by Crippen LogP contribution is -2.17. The van der Waals surface area contributed by atoms with Gasteiger partial charge in [-0.05, 0) is 136 Å². The van der Waals surface area contributed by atoms with Gasteiger partial charge in [0.15, 0.2) is 34.9 Å². The molecule has 0 atom stereocenters. The lowest BCUT2D eigenvalue weighted by atomic mass is 10.1. The number of nitrogens with zero attached hydrogens (tertiary/aromatic N) is 7. The van der Waals surface area contributed by atoms with Crippen molar-refractivity contribution in [2.75, 3.05) is 31.1 Å². The highest BCUT2D eigenvalue weighted by Gasteiger charge is 2.20. The molecule has 0 radical (unpaired) electrons. The average Bonchev–Trinajstić information content (AvgIpc) is 4.09. The van der Waals surface area contributed by atoms with Crippen LogP contribution in [0, 0.1) is 5.82 Å². The zero-order valence-corrected chi connectivity index (χ0v) is 35.8. The molecule has 0 bridgehead atoms. The standard InChI is InChI=1S/C25H22N4O4.C21H14FN3O4.C4H9N/c30-17-7-9-19(21(32)13-17)24-26-23(15-3-5-16(6-4-15)29-11-1-2-12-29)27-25(28-24)20-10-8-18(31)14-22(20)33;22-12-3-1-11(2-4-12)19-23-20(15-7-5-13(26)9-17(15)28)25-21(24-19)16-8-6-14(27)10-18(16)29;1-2-4-5-3-1/h3-10,13-14,30-33H,1-2,11-12H2;1-10,26-29H;5H,1-4H2. The van der Waals surface area contributed by atoms with E-state index in [0.717, 1.165) is 36.5 Å². The van der Waals surface area contributed by atoms with Crippen LogP contribution in [-0.4, -0.2) is 96.9 Å². The van der Waals surface area contributed by atoms with Gasteiger partial charge in [-0.15, -0.1) is 0 Å². The van der Waals surface area contributed by atoms with Crippen LogP contribution in [0.15, 0.2) is 121 Å². The van der Waals surface area contributed by atoms with Crippen molar-refractivity contribution < 1.29 is 45.2 Å². The molecule has 9 N–H and O–H groups in total. The lowest BCUT2D eigenvalue weighted by Gasteiger charge is -2.17. The smallest absolute Gasteiger partial charge is 0.167 e. The minimum absolute atomic E-state index is 0.0827. The van der Waals surface area contributed by atoms with E-state index < -0.39 is 5.82 Å². The third kappa shape index (κ3) is 10.9. The molecule has 2 aromatic heterocycles. The van der Waals surface area contributed by atoms with E-state index in [1.165, 1.54) is 124 Å². The van der Waals surface area contributed by atoms with Crippen molar-refractivity contribution in [3.63, 3.8) is 0 Å². The van der Waals surface area contributed by atoms with Gasteiger partial charge in [0.2, 0.25) is 0 Å². The van der Waals surface area contributed by atoms with Crippen LogP contribution in [0.5, 0.6) is 46.0 Å². The Morgan fingerprint density at radius 3 is 0.985 bits per heavy atom. The van der Waals surface area contributed by atoms with Gasteiger partial charge >= 0.3 is 0 Å². The van der Waals surface area contributed by atoms with Crippen LogP contribution < -0.4 is 10.2 Å². The summed E-state index contributed by atoms with van der Waals surface area (Å²) in [4.78, 5) is 28.9. The highest BCUT2D eigenvalue weighted by atomic mass is 19.1. The van der Waals surface area contributed by atoms with Crippen LogP contribution in [0.3, 0.4) is 0 Å². The van der Waals surface area contributed by atoms with E-state index in [1.54, 1.807) is 0 Å². The largest absolute Gasteiger partial charge is 0.508 e. The molecule has 8 aromatic rings. The second-order valence-electron chi connectivity index (χ2n) is 15.6. The first-order chi connectivity index (χ1) is 32.4. The fraction of sp³-hybridized carbons (Fsp3) is 0.160. The van der Waals surface area contributed by atoms with Crippen molar-refractivity contribution in [2.24, 2.45) is 0 Å². The Kier molecular flexibility index (Phi) is 13.5. The molecule has 4 heterocycles. The fourth-order valence-electron chi connectivity index (χ4n) is 7.35. The summed E-state index contributed by atoms with van der Waals surface area (Å²) in [5.74, 6) is -0.627. The van der Waals surface area contributed by atoms with E-state index in [0.29, 0.717) is 22.5 Å². The van der Waals surface area contributed by atoms with Gasteiger partial charge in [-0.2, -0.15) is 0 Å². The Labute approximate surface area is 383 Å². The van der Waals surface area contributed by atoms with Gasteiger partial charge in [0.1, 0.15) is 51.8 Å². The van der Waals surface area contributed by atoms with E-state index >= 15 is 0 Å². The van der Waals surface area contributed by atoms with Gasteiger partial charge < -0.3 is 51.1 Å². The maximum absolute atomic E-state index is 13.3. The first-order valence-corrected chi connectivity index (χ1v) is 21.3. The summed E-state index contributed by atoms with van der Waals surface area (Å²) < 4.78 is 13.3. The molecule has 2 aliphatic heterocycles. The van der Waals surface area contributed by atoms with E-state index in [-0.39, 0.29) is 86.2 Å². The Bertz CT molecular complexity index is 2880. The second-order valence-corrected chi connectivity index (χ2v) is 15.6. The molecule has 340 valence electrons. The normalized spacial score (nSPS) is 13.1. The third-order valence-corrected chi connectivity index (χ3v) is 10.8. The number of hydrogen-bond acceptors (Lipinski definition) is 16. The van der Waals surface area contributed by atoms with Crippen LogP contribution in [0.1, 0.15) is 25.7 Å². The maximum Gasteiger partial charge on any atom is 0.167 e. The molecule has 2 saturated heterocycles. The van der Waals surface area contributed by atoms with Gasteiger partial charge in [-0.1, -0.05) is 0 Å². The first-order valence-electron chi connectivity index (χ1n) is 21.3. The number of benzene rings is 6. The molecule has 0 aliphatic carbocycles. The number of aromatic nitrogens is 6. The number of phenolic OH excluding ortho intramolecular Hbond substituents is 8. The molecule has 2 fully saturated rings. The molecule has 6 aromatic carbocycles. The zero-order valence-electron chi connectivity index (χ0n) is 35.8. The number of hydrogen-bond donors (Lipinski definition) is 9. The number of halogens is 1. The summed E-state index contributed by atoms with van der Waals surface area (Å²) in [6, 6.07) is 29.6. The van der Waals surface area contributed by atoms with Crippen LogP contribution in [0.4, 0.5) is 10.1 Å². The van der Waals surface area contributed by atoms with Gasteiger partial charge in [-0.25, -0.2) is 34.3 Å². The Morgan fingerprint density at radius 2 is 0.687 bits per heavy atom. The third-order valence-electron chi connectivity index (χ3n) is 10.8. The van der Waals surface area contributed by atoms with Crippen LogP contribution in [-0.2, 0) is 0 Å². The van der Waals surface area contributed by atoms with Crippen molar-refractivity contribution in [2.45, 2.75) is 25.7 Å². The topological polar surface area (TPSA) is 254 Å². The molecular formula is C50H45FN8O8. The molecule has 0 spiro atoms. The van der Waals surface area contributed by atoms with Gasteiger partial charge in [0, 0.05) is 54.2 Å². The molecule has 10 rings (SSSR count). The van der Waals surface area contributed by atoms with Crippen LogP contribution in [0.25, 0.3) is 68.3 Å². The SMILES string of the molecule is C1CCNC1.Oc1ccc(-c2nc(-c3ccc(F)cc3)nc(-c3ccc(O)cc3O)n2)c(O)c1.Oc1ccc(-c2nc(-c3ccc(N4CCCC4)cc3)nc(-c3ccc(O)cc3O)n2)c(O)c1. The average molecular weight is 905 g/mol. The summed E-state index contributed by atoms with van der Waals surface area (Å²) in [6.07, 6.45) is 5.16. The summed E-state index contributed by atoms with van der Waals surface area (Å²) in [5.41, 5.74) is 3.46. The van der Waals surface area contributed by atoms with Crippen LogP contribution >= 0.6 is 0 Å². The highest BCUT2D eigenvalue weighted by molar-refractivity contribution is 5.75. The Balaban J connectivity index is 0.000000165. The van der Waals surface area contributed by atoms with Crippen molar-refractivity contribution in [3.8, 4) is 114 Å². The van der Waals surface area contributed by atoms with Gasteiger partial charge in [0.25, 0.3) is 0 Å². The van der Waals surface area contributed by atoms with Crippen molar-refractivity contribution in [3.05, 3.63) is 127 Å². The molecule has 67 heavy (non-hydrogen) atoms. The predicted molar refractivity (Wildman–Crippen MR) is 249 cm³/mol. The van der Waals surface area contributed by atoms with Gasteiger partial charge in [0.05, 0.1) is 22.3 Å². The minimum atomic E-state index is -0.421. The zero-order chi connectivity index (χ0) is 47.0. The van der Waals surface area contributed by atoms with Gasteiger partial charge in [-0.3, -0.25) is 0 Å². The molecule has 17 heteroatoms. The van der Waals surface area contributed by atoms with Crippen molar-refractivity contribution >= 4 is 5.69 Å². The molecule has 0 saturated carbocycles. The van der Waals surface area contributed by atoms with Crippen molar-refractivity contribution in [1.82, 2.24) is 35.2 Å². The lowest BCUT2D eigenvalue weighted by molar-refractivity contribution is 0.450. The Hall–Kier alpha value is -8.57. The number of phenols is 8. The number of anilines is 1. The van der Waals surface area contributed by atoms with E-state index in [2.05, 4.69) is 40.1 Å². The Morgan fingerprint density at radius 1 is 0.373 bits per heavy atom. The highest BCUT2D eigenvalue weighted by Crippen LogP contribution is 2.37. The fourth-order valence-corrected chi connectivity index (χ4v) is 7.35. The number of aromatic hydroxyl groups is 8. The summed E-state index contributed by atoms with van der Waals surface area (Å²) in [6.45, 7) is 4.58. The monoisotopic (exact) mass is 904 g/mol. The minimum Gasteiger partial charge on any atom is -0.508 e. The maximum atomic E-state index is 13.3. The molecule has 0 amide bonds. The molecule has 0 unspecified atom stereocenters. The predicted octanol–water partition coefficient (Wildman–Crippen LogP) is 8.50. The quantitative estimate of drug-likeness (QED) is 0.0726. The summed E-state index contributed by atoms with van der Waals surface area (Å²) in [5, 5.41) is 82.7. The molecule has 2 aliphatic rings. The van der Waals surface area contributed by atoms with Crippen molar-refractivity contribution in [1.29, 1.82) is 0 Å². The molecular weight excluding hydrogens is 860 g/mol. The van der Waals surface area contributed by atoms with Crippen LogP contribution in [0.2, 0.25) is 0 Å². The van der Waals surface area contributed by atoms with E-state index in [4.69, 9.17) is 0 Å². The number of rotatable bonds is 7. The molecule has 16 nitrogen and oxygen atoms in total. The summed E-state index contributed by atoms with van der Waals surface area (Å²) in [7, 11) is 0. The van der Waals surface area contributed by atoms with E-state index in [9.17, 15) is 45.2 Å². The van der Waals surface area contributed by atoms with E-state index in [1.807, 2.05) is 24.3 Å².